The Labute approximate surface area is 122 Å². The van der Waals surface area contributed by atoms with Crippen molar-refractivity contribution in [3.63, 3.8) is 0 Å². The summed E-state index contributed by atoms with van der Waals surface area (Å²) in [7, 11) is 2.32. The van der Waals surface area contributed by atoms with Crippen LogP contribution in [-0.2, 0) is 6.42 Å². The third-order valence-corrected chi connectivity index (χ3v) is 5.30. The number of rotatable bonds is 2. The second-order valence-corrected chi connectivity index (χ2v) is 6.60. The molecule has 2 nitrogen and oxygen atoms in total. The van der Waals surface area contributed by atoms with Crippen LogP contribution in [0.4, 0.5) is 0 Å². The molecule has 0 heterocycles. The molecule has 1 aromatic carbocycles. The highest BCUT2D eigenvalue weighted by Crippen LogP contribution is 2.37. The van der Waals surface area contributed by atoms with Gasteiger partial charge in [-0.15, -0.1) is 0 Å². The van der Waals surface area contributed by atoms with Crippen molar-refractivity contribution in [2.24, 2.45) is 0 Å². The van der Waals surface area contributed by atoms with Crippen molar-refractivity contribution in [1.29, 1.82) is 0 Å². The SMILES string of the molecule is CN(C1CCCCCC1)C1CCCc2cc(O)ccc21. The van der Waals surface area contributed by atoms with Gasteiger partial charge in [0.2, 0.25) is 0 Å². The van der Waals surface area contributed by atoms with E-state index in [0.717, 1.165) is 12.5 Å². The van der Waals surface area contributed by atoms with Gasteiger partial charge in [0.15, 0.2) is 0 Å². The minimum atomic E-state index is 0.418. The number of phenolic OH excluding ortho intramolecular Hbond substituents is 1. The second-order valence-electron chi connectivity index (χ2n) is 6.60. The van der Waals surface area contributed by atoms with E-state index in [2.05, 4.69) is 18.0 Å². The Bertz CT molecular complexity index is 449. The van der Waals surface area contributed by atoms with Crippen molar-refractivity contribution in [2.45, 2.75) is 69.9 Å². The van der Waals surface area contributed by atoms with Gasteiger partial charge in [0.25, 0.3) is 0 Å². The van der Waals surface area contributed by atoms with Gasteiger partial charge < -0.3 is 5.11 Å². The first-order chi connectivity index (χ1) is 9.75. The summed E-state index contributed by atoms with van der Waals surface area (Å²) in [5.41, 5.74) is 2.82. The molecule has 0 saturated heterocycles. The summed E-state index contributed by atoms with van der Waals surface area (Å²) >= 11 is 0. The minimum absolute atomic E-state index is 0.418. The van der Waals surface area contributed by atoms with Crippen molar-refractivity contribution in [3.05, 3.63) is 29.3 Å². The highest BCUT2D eigenvalue weighted by molar-refractivity contribution is 5.38. The molecule has 2 heteroatoms. The molecular weight excluding hydrogens is 246 g/mol. The van der Waals surface area contributed by atoms with Crippen LogP contribution in [0, 0.1) is 0 Å². The lowest BCUT2D eigenvalue weighted by atomic mass is 9.85. The fourth-order valence-corrected chi connectivity index (χ4v) is 4.12. The number of hydrogen-bond donors (Lipinski definition) is 1. The van der Waals surface area contributed by atoms with Crippen molar-refractivity contribution in [3.8, 4) is 5.75 Å². The lowest BCUT2D eigenvalue weighted by molar-refractivity contribution is 0.143. The van der Waals surface area contributed by atoms with E-state index in [0.29, 0.717) is 11.8 Å². The Morgan fingerprint density at radius 3 is 2.50 bits per heavy atom. The molecule has 1 fully saturated rings. The van der Waals surface area contributed by atoms with Crippen LogP contribution in [0.15, 0.2) is 18.2 Å². The van der Waals surface area contributed by atoms with Gasteiger partial charge in [-0.25, -0.2) is 0 Å². The number of aryl methyl sites for hydroxylation is 1. The minimum Gasteiger partial charge on any atom is -0.508 e. The molecule has 0 aromatic heterocycles. The largest absolute Gasteiger partial charge is 0.508 e. The Hall–Kier alpha value is -1.02. The molecule has 1 aromatic rings. The maximum atomic E-state index is 9.69. The molecule has 1 unspecified atom stereocenters. The van der Waals surface area contributed by atoms with Crippen LogP contribution >= 0.6 is 0 Å². The standard InChI is InChI=1S/C18H27NO/c1-19(15-8-4-2-3-5-9-15)18-10-6-7-14-13-16(20)11-12-17(14)18/h11-13,15,18,20H,2-10H2,1H3. The average molecular weight is 273 g/mol. The van der Waals surface area contributed by atoms with Gasteiger partial charge in [-0.05, 0) is 62.4 Å². The van der Waals surface area contributed by atoms with Crippen LogP contribution < -0.4 is 0 Å². The second kappa shape index (κ2) is 6.17. The molecule has 2 aliphatic rings. The van der Waals surface area contributed by atoms with Crippen molar-refractivity contribution in [1.82, 2.24) is 4.90 Å². The normalized spacial score (nSPS) is 24.4. The van der Waals surface area contributed by atoms with Gasteiger partial charge in [-0.1, -0.05) is 31.7 Å². The monoisotopic (exact) mass is 273 g/mol. The topological polar surface area (TPSA) is 23.5 Å². The fourth-order valence-electron chi connectivity index (χ4n) is 4.12. The summed E-state index contributed by atoms with van der Waals surface area (Å²) in [6.45, 7) is 0. The summed E-state index contributed by atoms with van der Waals surface area (Å²) < 4.78 is 0. The van der Waals surface area contributed by atoms with E-state index in [1.54, 1.807) is 0 Å². The van der Waals surface area contributed by atoms with Crippen LogP contribution in [0.1, 0.15) is 68.5 Å². The zero-order chi connectivity index (χ0) is 13.9. The van der Waals surface area contributed by atoms with E-state index in [-0.39, 0.29) is 0 Å². The molecule has 0 aliphatic heterocycles. The Kier molecular flexibility index (Phi) is 4.30. The summed E-state index contributed by atoms with van der Waals surface area (Å²) in [6, 6.07) is 7.30. The summed E-state index contributed by atoms with van der Waals surface area (Å²) in [5, 5.41) is 9.69. The smallest absolute Gasteiger partial charge is 0.115 e. The van der Waals surface area contributed by atoms with Crippen LogP contribution in [0.2, 0.25) is 0 Å². The van der Waals surface area contributed by atoms with E-state index >= 15 is 0 Å². The molecule has 3 rings (SSSR count). The van der Waals surface area contributed by atoms with Crippen LogP contribution in [0.5, 0.6) is 5.75 Å². The molecule has 0 amide bonds. The van der Waals surface area contributed by atoms with Crippen LogP contribution in [0.3, 0.4) is 0 Å². The zero-order valence-electron chi connectivity index (χ0n) is 12.6. The van der Waals surface area contributed by atoms with Gasteiger partial charge in [-0.2, -0.15) is 0 Å². The van der Waals surface area contributed by atoms with E-state index in [1.807, 2.05) is 12.1 Å². The van der Waals surface area contributed by atoms with Crippen molar-refractivity contribution < 1.29 is 5.11 Å². The number of benzene rings is 1. The van der Waals surface area contributed by atoms with Gasteiger partial charge in [0.1, 0.15) is 5.75 Å². The molecule has 20 heavy (non-hydrogen) atoms. The van der Waals surface area contributed by atoms with E-state index in [4.69, 9.17) is 0 Å². The predicted molar refractivity (Wildman–Crippen MR) is 83.0 cm³/mol. The van der Waals surface area contributed by atoms with E-state index in [1.165, 1.54) is 62.5 Å². The Morgan fingerprint density at radius 1 is 1.00 bits per heavy atom. The number of aromatic hydroxyl groups is 1. The first-order valence-corrected chi connectivity index (χ1v) is 8.29. The van der Waals surface area contributed by atoms with E-state index in [9.17, 15) is 5.11 Å². The van der Waals surface area contributed by atoms with Gasteiger partial charge in [0.05, 0.1) is 0 Å². The van der Waals surface area contributed by atoms with E-state index < -0.39 is 0 Å². The maximum Gasteiger partial charge on any atom is 0.115 e. The van der Waals surface area contributed by atoms with Gasteiger partial charge in [0, 0.05) is 12.1 Å². The zero-order valence-corrected chi connectivity index (χ0v) is 12.6. The molecular formula is C18H27NO. The first kappa shape index (κ1) is 13.9. The predicted octanol–water partition coefficient (Wildman–Crippen LogP) is 4.42. The van der Waals surface area contributed by atoms with Crippen LogP contribution in [0.25, 0.3) is 0 Å². The van der Waals surface area contributed by atoms with Crippen molar-refractivity contribution >= 4 is 0 Å². The molecule has 1 atom stereocenters. The molecule has 0 bridgehead atoms. The molecule has 1 N–H and O–H groups in total. The number of nitrogens with zero attached hydrogens (tertiary/aromatic N) is 1. The molecule has 110 valence electrons. The van der Waals surface area contributed by atoms with Gasteiger partial charge >= 0.3 is 0 Å². The quantitative estimate of drug-likeness (QED) is 0.806. The summed E-state index contributed by atoms with van der Waals surface area (Å²) in [5.74, 6) is 0.418. The number of phenols is 1. The Balaban J connectivity index is 1.80. The third kappa shape index (κ3) is 2.85. The Morgan fingerprint density at radius 2 is 1.75 bits per heavy atom. The molecule has 1 saturated carbocycles. The van der Waals surface area contributed by atoms with Crippen LogP contribution in [-0.4, -0.2) is 23.1 Å². The maximum absolute atomic E-state index is 9.69. The van der Waals surface area contributed by atoms with Gasteiger partial charge in [-0.3, -0.25) is 4.90 Å². The fraction of sp³-hybridized carbons (Fsp3) is 0.667. The molecule has 2 aliphatic carbocycles. The lowest BCUT2D eigenvalue weighted by Crippen LogP contribution is -2.36. The lowest BCUT2D eigenvalue weighted by Gasteiger charge is -2.38. The summed E-state index contributed by atoms with van der Waals surface area (Å²) in [4.78, 5) is 2.64. The highest BCUT2D eigenvalue weighted by Gasteiger charge is 2.28. The molecule has 0 radical (unpaired) electrons. The number of hydrogen-bond acceptors (Lipinski definition) is 2. The van der Waals surface area contributed by atoms with Crippen molar-refractivity contribution in [2.75, 3.05) is 7.05 Å². The first-order valence-electron chi connectivity index (χ1n) is 8.29. The average Bonchev–Trinajstić information content (AvgIpc) is 2.74. The number of fused-ring (bicyclic) bond motifs is 1. The summed E-state index contributed by atoms with van der Waals surface area (Å²) in [6.07, 6.45) is 12.0. The highest BCUT2D eigenvalue weighted by atomic mass is 16.3. The molecule has 0 spiro atoms. The third-order valence-electron chi connectivity index (χ3n) is 5.30.